The minimum atomic E-state index is -0.0556. The minimum Gasteiger partial charge on any atom is -0.497 e. The van der Waals surface area contributed by atoms with E-state index in [9.17, 15) is 9.59 Å². The topological polar surface area (TPSA) is 58.6 Å². The molecule has 0 aliphatic carbocycles. The highest BCUT2D eigenvalue weighted by atomic mass is 16.5. The van der Waals surface area contributed by atoms with Crippen LogP contribution < -0.4 is 15.0 Å². The fourth-order valence-corrected chi connectivity index (χ4v) is 1.85. The van der Waals surface area contributed by atoms with Gasteiger partial charge >= 0.3 is 0 Å². The zero-order valence-corrected chi connectivity index (χ0v) is 12.3. The lowest BCUT2D eigenvalue weighted by atomic mass is 10.2. The SMILES string of the molecule is CCCC(=O)NCCN(C(C)=O)c1ccc(OC)cc1. The van der Waals surface area contributed by atoms with Gasteiger partial charge in [0.15, 0.2) is 0 Å². The highest BCUT2D eigenvalue weighted by Gasteiger charge is 2.11. The quantitative estimate of drug-likeness (QED) is 0.829. The zero-order chi connectivity index (χ0) is 15.0. The summed E-state index contributed by atoms with van der Waals surface area (Å²) in [7, 11) is 1.60. The Labute approximate surface area is 119 Å². The third-order valence-corrected chi connectivity index (χ3v) is 2.90. The molecule has 1 rings (SSSR count). The van der Waals surface area contributed by atoms with Crippen molar-refractivity contribution in [3.05, 3.63) is 24.3 Å². The number of carbonyl (C=O) groups excluding carboxylic acids is 2. The number of hydrogen-bond acceptors (Lipinski definition) is 3. The third kappa shape index (κ3) is 4.91. The highest BCUT2D eigenvalue weighted by molar-refractivity contribution is 5.91. The van der Waals surface area contributed by atoms with Crippen molar-refractivity contribution in [1.29, 1.82) is 0 Å². The van der Waals surface area contributed by atoms with Gasteiger partial charge in [-0.05, 0) is 30.7 Å². The lowest BCUT2D eigenvalue weighted by molar-refractivity contribution is -0.121. The lowest BCUT2D eigenvalue weighted by Gasteiger charge is -2.21. The van der Waals surface area contributed by atoms with Crippen LogP contribution in [0.3, 0.4) is 0 Å². The van der Waals surface area contributed by atoms with Gasteiger partial charge in [0.25, 0.3) is 0 Å². The Morgan fingerprint density at radius 3 is 2.40 bits per heavy atom. The maximum Gasteiger partial charge on any atom is 0.223 e. The van der Waals surface area contributed by atoms with Crippen LogP contribution in [-0.2, 0) is 9.59 Å². The second-order valence-electron chi connectivity index (χ2n) is 4.47. The van der Waals surface area contributed by atoms with Crippen LogP contribution in [-0.4, -0.2) is 32.0 Å². The molecule has 0 spiro atoms. The summed E-state index contributed by atoms with van der Waals surface area (Å²) in [6.07, 6.45) is 1.34. The molecular formula is C15H22N2O3. The number of methoxy groups -OCH3 is 1. The van der Waals surface area contributed by atoms with Crippen molar-refractivity contribution in [2.24, 2.45) is 0 Å². The van der Waals surface area contributed by atoms with Gasteiger partial charge in [-0.3, -0.25) is 9.59 Å². The van der Waals surface area contributed by atoms with Crippen LogP contribution in [0.4, 0.5) is 5.69 Å². The molecule has 110 valence electrons. The Bertz CT molecular complexity index is 443. The molecule has 5 heteroatoms. The zero-order valence-electron chi connectivity index (χ0n) is 12.3. The van der Waals surface area contributed by atoms with Crippen molar-refractivity contribution in [3.63, 3.8) is 0 Å². The number of hydrogen-bond donors (Lipinski definition) is 1. The van der Waals surface area contributed by atoms with Gasteiger partial charge in [-0.2, -0.15) is 0 Å². The van der Waals surface area contributed by atoms with E-state index in [1.165, 1.54) is 6.92 Å². The molecule has 20 heavy (non-hydrogen) atoms. The van der Waals surface area contributed by atoms with E-state index in [0.717, 1.165) is 17.9 Å². The second kappa shape index (κ2) is 8.19. The molecule has 0 bridgehead atoms. The molecule has 0 fully saturated rings. The first-order valence-corrected chi connectivity index (χ1v) is 6.77. The van der Waals surface area contributed by atoms with E-state index in [1.54, 1.807) is 24.1 Å². The van der Waals surface area contributed by atoms with Crippen LogP contribution >= 0.6 is 0 Å². The number of carbonyl (C=O) groups is 2. The van der Waals surface area contributed by atoms with Gasteiger partial charge in [-0.25, -0.2) is 0 Å². The van der Waals surface area contributed by atoms with E-state index in [-0.39, 0.29) is 11.8 Å². The van der Waals surface area contributed by atoms with E-state index in [4.69, 9.17) is 4.74 Å². The molecule has 0 aliphatic rings. The van der Waals surface area contributed by atoms with E-state index in [1.807, 2.05) is 19.1 Å². The monoisotopic (exact) mass is 278 g/mol. The standard InChI is InChI=1S/C15H22N2O3/c1-4-5-15(19)16-10-11-17(12(2)18)13-6-8-14(20-3)9-7-13/h6-9H,4-5,10-11H2,1-3H3,(H,16,19). The molecule has 0 aliphatic heterocycles. The Kier molecular flexibility index (Phi) is 6.56. The number of ether oxygens (including phenoxy) is 1. The van der Waals surface area contributed by atoms with Gasteiger partial charge in [-0.1, -0.05) is 6.92 Å². The normalized spacial score (nSPS) is 9.95. The van der Waals surface area contributed by atoms with Crippen LogP contribution in [0, 0.1) is 0 Å². The maximum atomic E-state index is 11.7. The van der Waals surface area contributed by atoms with Crippen LogP contribution in [0.25, 0.3) is 0 Å². The Hall–Kier alpha value is -2.04. The summed E-state index contributed by atoms with van der Waals surface area (Å²) in [5.41, 5.74) is 0.794. The van der Waals surface area contributed by atoms with Crippen molar-refractivity contribution in [2.45, 2.75) is 26.7 Å². The summed E-state index contributed by atoms with van der Waals surface area (Å²) in [6.45, 7) is 4.37. The fraction of sp³-hybridized carbons (Fsp3) is 0.467. The minimum absolute atomic E-state index is 0.0192. The predicted octanol–water partition coefficient (Wildman–Crippen LogP) is 1.96. The van der Waals surface area contributed by atoms with Gasteiger partial charge in [0.1, 0.15) is 5.75 Å². The number of amides is 2. The fourth-order valence-electron chi connectivity index (χ4n) is 1.85. The van der Waals surface area contributed by atoms with Crippen LogP contribution in [0.15, 0.2) is 24.3 Å². The van der Waals surface area contributed by atoms with E-state index in [0.29, 0.717) is 19.5 Å². The van der Waals surface area contributed by atoms with Gasteiger partial charge < -0.3 is 15.0 Å². The Balaban J connectivity index is 2.60. The van der Waals surface area contributed by atoms with E-state index in [2.05, 4.69) is 5.32 Å². The van der Waals surface area contributed by atoms with Gasteiger partial charge in [0.2, 0.25) is 11.8 Å². The first-order valence-electron chi connectivity index (χ1n) is 6.77. The molecule has 0 unspecified atom stereocenters. The first kappa shape index (κ1) is 16.0. The lowest BCUT2D eigenvalue weighted by Crippen LogP contribution is -2.37. The van der Waals surface area contributed by atoms with Gasteiger partial charge in [-0.15, -0.1) is 0 Å². The Morgan fingerprint density at radius 1 is 1.25 bits per heavy atom. The summed E-state index contributed by atoms with van der Waals surface area (Å²) in [6, 6.07) is 7.27. The molecule has 2 amide bonds. The smallest absolute Gasteiger partial charge is 0.223 e. The molecule has 0 aromatic heterocycles. The largest absolute Gasteiger partial charge is 0.497 e. The molecule has 0 saturated carbocycles. The van der Waals surface area contributed by atoms with Crippen LogP contribution in [0.1, 0.15) is 26.7 Å². The number of anilines is 1. The van der Waals surface area contributed by atoms with Crippen molar-refractivity contribution >= 4 is 17.5 Å². The van der Waals surface area contributed by atoms with Gasteiger partial charge in [0.05, 0.1) is 7.11 Å². The maximum absolute atomic E-state index is 11.7. The second-order valence-corrected chi connectivity index (χ2v) is 4.47. The number of benzene rings is 1. The summed E-state index contributed by atoms with van der Waals surface area (Å²) in [4.78, 5) is 24.7. The molecule has 0 radical (unpaired) electrons. The third-order valence-electron chi connectivity index (χ3n) is 2.90. The molecule has 5 nitrogen and oxygen atoms in total. The average molecular weight is 278 g/mol. The van der Waals surface area contributed by atoms with Crippen molar-refractivity contribution < 1.29 is 14.3 Å². The molecule has 0 saturated heterocycles. The average Bonchev–Trinajstić information content (AvgIpc) is 2.44. The molecule has 1 aromatic carbocycles. The molecule has 1 aromatic rings. The van der Waals surface area contributed by atoms with Crippen molar-refractivity contribution in [1.82, 2.24) is 5.32 Å². The van der Waals surface area contributed by atoms with E-state index >= 15 is 0 Å². The molecule has 0 heterocycles. The summed E-state index contributed by atoms with van der Waals surface area (Å²) in [5, 5.41) is 2.80. The summed E-state index contributed by atoms with van der Waals surface area (Å²) < 4.78 is 5.09. The van der Waals surface area contributed by atoms with Gasteiger partial charge in [0, 0.05) is 32.1 Å². The van der Waals surface area contributed by atoms with Crippen LogP contribution in [0.2, 0.25) is 0 Å². The van der Waals surface area contributed by atoms with Crippen molar-refractivity contribution in [3.8, 4) is 5.75 Å². The molecular weight excluding hydrogens is 256 g/mol. The first-order chi connectivity index (χ1) is 9.58. The van der Waals surface area contributed by atoms with E-state index < -0.39 is 0 Å². The number of rotatable bonds is 7. The highest BCUT2D eigenvalue weighted by Crippen LogP contribution is 2.19. The molecule has 1 N–H and O–H groups in total. The van der Waals surface area contributed by atoms with Crippen LogP contribution in [0.5, 0.6) is 5.75 Å². The number of nitrogens with zero attached hydrogens (tertiary/aromatic N) is 1. The van der Waals surface area contributed by atoms with Crippen molar-refractivity contribution in [2.75, 3.05) is 25.1 Å². The predicted molar refractivity (Wildman–Crippen MR) is 78.9 cm³/mol. The number of nitrogens with one attached hydrogen (secondary N) is 1. The Morgan fingerprint density at radius 2 is 1.90 bits per heavy atom. The summed E-state index contributed by atoms with van der Waals surface area (Å²) >= 11 is 0. The summed E-state index contributed by atoms with van der Waals surface area (Å²) in [5.74, 6) is 0.708. The molecule has 0 atom stereocenters.